The molecule has 0 spiro atoms. The molecule has 0 aromatic carbocycles. The van der Waals surface area contributed by atoms with Gasteiger partial charge in [-0.05, 0) is 30.5 Å². The second-order valence-electron chi connectivity index (χ2n) is 4.31. The van der Waals surface area contributed by atoms with Crippen molar-refractivity contribution in [3.05, 3.63) is 30.1 Å². The lowest BCUT2D eigenvalue weighted by Gasteiger charge is -2.21. The Balaban J connectivity index is 2.40. The minimum absolute atomic E-state index is 0.0325. The zero-order valence-electron chi connectivity index (χ0n) is 11.0. The van der Waals surface area contributed by atoms with Gasteiger partial charge in [0, 0.05) is 31.9 Å². The van der Waals surface area contributed by atoms with Gasteiger partial charge in [-0.3, -0.25) is 9.78 Å². The van der Waals surface area contributed by atoms with Crippen LogP contribution in [0.25, 0.3) is 0 Å². The Labute approximate surface area is 109 Å². The standard InChI is InChI=1S/C14H22N2O2/c1-2-3-10-16(11-12-17)14(18)5-4-13-6-8-15-9-7-13/h6-9,17H,2-5,10-12H2,1H3. The minimum atomic E-state index is 0.0325. The molecule has 1 heterocycles. The van der Waals surface area contributed by atoms with E-state index in [-0.39, 0.29) is 12.5 Å². The van der Waals surface area contributed by atoms with Crippen molar-refractivity contribution >= 4 is 5.91 Å². The third-order valence-electron chi connectivity index (χ3n) is 2.88. The summed E-state index contributed by atoms with van der Waals surface area (Å²) in [6, 6.07) is 3.85. The Hall–Kier alpha value is -1.42. The van der Waals surface area contributed by atoms with Crippen molar-refractivity contribution in [3.8, 4) is 0 Å². The van der Waals surface area contributed by atoms with Crippen molar-refractivity contribution in [1.29, 1.82) is 0 Å². The van der Waals surface area contributed by atoms with Crippen LogP contribution in [0.2, 0.25) is 0 Å². The number of hydrogen-bond acceptors (Lipinski definition) is 3. The van der Waals surface area contributed by atoms with E-state index in [0.29, 0.717) is 13.0 Å². The number of amides is 1. The van der Waals surface area contributed by atoms with Crippen molar-refractivity contribution in [1.82, 2.24) is 9.88 Å². The quantitative estimate of drug-likeness (QED) is 0.763. The van der Waals surface area contributed by atoms with Gasteiger partial charge < -0.3 is 10.0 Å². The lowest BCUT2D eigenvalue weighted by atomic mass is 10.1. The zero-order chi connectivity index (χ0) is 13.2. The highest BCUT2D eigenvalue weighted by molar-refractivity contribution is 5.76. The summed E-state index contributed by atoms with van der Waals surface area (Å²) in [5.74, 6) is 0.120. The van der Waals surface area contributed by atoms with Gasteiger partial charge in [0.2, 0.25) is 5.91 Å². The summed E-state index contributed by atoms with van der Waals surface area (Å²) >= 11 is 0. The number of unbranched alkanes of at least 4 members (excludes halogenated alkanes) is 1. The van der Waals surface area contributed by atoms with Gasteiger partial charge in [-0.25, -0.2) is 0 Å². The molecule has 1 amide bonds. The van der Waals surface area contributed by atoms with Gasteiger partial charge in [0.25, 0.3) is 0 Å². The van der Waals surface area contributed by atoms with Gasteiger partial charge in [0.15, 0.2) is 0 Å². The van der Waals surface area contributed by atoms with Crippen LogP contribution in [-0.2, 0) is 11.2 Å². The lowest BCUT2D eigenvalue weighted by Crippen LogP contribution is -2.34. The fraction of sp³-hybridized carbons (Fsp3) is 0.571. The Bertz CT molecular complexity index is 341. The number of aliphatic hydroxyl groups is 1. The topological polar surface area (TPSA) is 53.4 Å². The summed E-state index contributed by atoms with van der Waals surface area (Å²) in [7, 11) is 0. The summed E-state index contributed by atoms with van der Waals surface area (Å²) in [6.45, 7) is 3.31. The van der Waals surface area contributed by atoms with Gasteiger partial charge in [-0.2, -0.15) is 0 Å². The van der Waals surface area contributed by atoms with Crippen molar-refractivity contribution < 1.29 is 9.90 Å². The number of carbonyl (C=O) groups excluding carboxylic acids is 1. The van der Waals surface area contributed by atoms with Crippen molar-refractivity contribution in [3.63, 3.8) is 0 Å². The second-order valence-corrected chi connectivity index (χ2v) is 4.31. The van der Waals surface area contributed by atoms with Crippen molar-refractivity contribution in [2.45, 2.75) is 32.6 Å². The number of hydrogen-bond donors (Lipinski definition) is 1. The summed E-state index contributed by atoms with van der Waals surface area (Å²) < 4.78 is 0. The van der Waals surface area contributed by atoms with E-state index in [4.69, 9.17) is 5.11 Å². The molecular weight excluding hydrogens is 228 g/mol. The van der Waals surface area contributed by atoms with Gasteiger partial charge in [-0.1, -0.05) is 13.3 Å². The van der Waals surface area contributed by atoms with Crippen LogP contribution in [0.3, 0.4) is 0 Å². The monoisotopic (exact) mass is 250 g/mol. The maximum absolute atomic E-state index is 12.0. The van der Waals surface area contributed by atoms with E-state index in [1.165, 1.54) is 0 Å². The second kappa shape index (κ2) is 8.64. The highest BCUT2D eigenvalue weighted by Gasteiger charge is 2.12. The SMILES string of the molecule is CCCCN(CCO)C(=O)CCc1ccncc1. The summed E-state index contributed by atoms with van der Waals surface area (Å²) in [4.78, 5) is 17.7. The summed E-state index contributed by atoms with van der Waals surface area (Å²) in [6.07, 6.45) is 6.74. The largest absolute Gasteiger partial charge is 0.395 e. The van der Waals surface area contributed by atoms with E-state index < -0.39 is 0 Å². The predicted octanol–water partition coefficient (Wildman–Crippen LogP) is 1.64. The number of nitrogens with zero attached hydrogens (tertiary/aromatic N) is 2. The van der Waals surface area contributed by atoms with E-state index in [9.17, 15) is 4.79 Å². The smallest absolute Gasteiger partial charge is 0.222 e. The molecule has 1 aromatic heterocycles. The molecule has 0 atom stereocenters. The molecule has 0 unspecified atom stereocenters. The predicted molar refractivity (Wildman–Crippen MR) is 71.1 cm³/mol. The van der Waals surface area contributed by atoms with Crippen LogP contribution in [0, 0.1) is 0 Å². The van der Waals surface area contributed by atoms with Crippen molar-refractivity contribution in [2.75, 3.05) is 19.7 Å². The first kappa shape index (κ1) is 14.6. The van der Waals surface area contributed by atoms with Crippen LogP contribution >= 0.6 is 0 Å². The van der Waals surface area contributed by atoms with Crippen LogP contribution in [0.15, 0.2) is 24.5 Å². The van der Waals surface area contributed by atoms with Crippen LogP contribution in [-0.4, -0.2) is 40.6 Å². The van der Waals surface area contributed by atoms with Gasteiger partial charge in [0.1, 0.15) is 0 Å². The fourth-order valence-electron chi connectivity index (χ4n) is 1.79. The van der Waals surface area contributed by atoms with Crippen LogP contribution in [0.1, 0.15) is 31.7 Å². The molecule has 0 radical (unpaired) electrons. The third kappa shape index (κ3) is 5.27. The molecular formula is C14H22N2O2. The summed E-state index contributed by atoms with van der Waals surface area (Å²) in [5, 5.41) is 8.97. The first-order valence-corrected chi connectivity index (χ1v) is 6.55. The molecule has 1 rings (SSSR count). The molecule has 0 aliphatic heterocycles. The number of aliphatic hydroxyl groups excluding tert-OH is 1. The molecule has 0 aliphatic rings. The fourth-order valence-corrected chi connectivity index (χ4v) is 1.79. The molecule has 0 saturated heterocycles. The number of aryl methyl sites for hydroxylation is 1. The number of carbonyl (C=O) groups is 1. The molecule has 4 heteroatoms. The van der Waals surface area contributed by atoms with E-state index in [0.717, 1.165) is 31.4 Å². The molecule has 0 aliphatic carbocycles. The highest BCUT2D eigenvalue weighted by Crippen LogP contribution is 2.05. The number of rotatable bonds is 8. The van der Waals surface area contributed by atoms with Gasteiger partial charge in [-0.15, -0.1) is 0 Å². The Morgan fingerprint density at radius 3 is 2.67 bits per heavy atom. The van der Waals surface area contributed by atoms with Crippen LogP contribution in [0.5, 0.6) is 0 Å². The van der Waals surface area contributed by atoms with Crippen molar-refractivity contribution in [2.24, 2.45) is 0 Å². The normalized spacial score (nSPS) is 10.3. The number of aromatic nitrogens is 1. The minimum Gasteiger partial charge on any atom is -0.395 e. The zero-order valence-corrected chi connectivity index (χ0v) is 11.0. The first-order chi connectivity index (χ1) is 8.77. The molecule has 0 fully saturated rings. The Kier molecular flexibility index (Phi) is 7.03. The Morgan fingerprint density at radius 1 is 1.33 bits per heavy atom. The Morgan fingerprint density at radius 2 is 2.06 bits per heavy atom. The molecule has 1 N–H and O–H groups in total. The van der Waals surface area contributed by atoms with E-state index in [1.807, 2.05) is 12.1 Å². The molecule has 1 aromatic rings. The van der Waals surface area contributed by atoms with E-state index >= 15 is 0 Å². The van der Waals surface area contributed by atoms with Crippen LogP contribution in [0.4, 0.5) is 0 Å². The van der Waals surface area contributed by atoms with E-state index in [2.05, 4.69) is 11.9 Å². The molecule has 18 heavy (non-hydrogen) atoms. The van der Waals surface area contributed by atoms with Gasteiger partial charge in [0.05, 0.1) is 6.61 Å². The lowest BCUT2D eigenvalue weighted by molar-refractivity contribution is -0.131. The average molecular weight is 250 g/mol. The molecule has 100 valence electrons. The average Bonchev–Trinajstić information content (AvgIpc) is 2.42. The summed E-state index contributed by atoms with van der Waals surface area (Å²) in [5.41, 5.74) is 1.12. The van der Waals surface area contributed by atoms with Crippen LogP contribution < -0.4 is 0 Å². The molecule has 4 nitrogen and oxygen atoms in total. The van der Waals surface area contributed by atoms with E-state index in [1.54, 1.807) is 17.3 Å². The molecule has 0 bridgehead atoms. The number of pyridine rings is 1. The maximum Gasteiger partial charge on any atom is 0.222 e. The molecule has 0 saturated carbocycles. The maximum atomic E-state index is 12.0. The highest BCUT2D eigenvalue weighted by atomic mass is 16.3. The van der Waals surface area contributed by atoms with Gasteiger partial charge >= 0.3 is 0 Å². The first-order valence-electron chi connectivity index (χ1n) is 6.55. The third-order valence-corrected chi connectivity index (χ3v) is 2.88.